The number of carbonyl (C=O) groups is 2. The lowest BCUT2D eigenvalue weighted by Gasteiger charge is -2.15. The van der Waals surface area contributed by atoms with Crippen LogP contribution in [-0.2, 0) is 14.2 Å². The summed E-state index contributed by atoms with van der Waals surface area (Å²) in [6.45, 7) is 4.21. The molecule has 0 bridgehead atoms. The molecule has 0 saturated carbocycles. The van der Waals surface area contributed by atoms with Crippen molar-refractivity contribution in [2.24, 2.45) is 5.92 Å². The molecule has 0 saturated heterocycles. The van der Waals surface area contributed by atoms with E-state index < -0.39 is 12.0 Å². The van der Waals surface area contributed by atoms with Gasteiger partial charge in [-0.25, -0.2) is 0 Å². The van der Waals surface area contributed by atoms with Crippen molar-refractivity contribution in [2.45, 2.75) is 52.0 Å². The van der Waals surface area contributed by atoms with Gasteiger partial charge in [0.15, 0.2) is 0 Å². The zero-order chi connectivity index (χ0) is 14.0. The highest BCUT2D eigenvalue weighted by molar-refractivity contribution is 6.05. The van der Waals surface area contributed by atoms with Crippen molar-refractivity contribution >= 4 is 20.0 Å². The third-order valence-corrected chi connectivity index (χ3v) is 2.91. The third kappa shape index (κ3) is 7.32. The Kier molecular flexibility index (Phi) is 9.37. The summed E-state index contributed by atoms with van der Waals surface area (Å²) in [6, 6.07) is -0.569. The van der Waals surface area contributed by atoms with E-state index in [-0.39, 0.29) is 11.9 Å². The van der Waals surface area contributed by atoms with Crippen molar-refractivity contribution in [1.29, 1.82) is 0 Å². The zero-order valence-electron chi connectivity index (χ0n) is 11.1. The van der Waals surface area contributed by atoms with E-state index in [0.717, 1.165) is 25.7 Å². The van der Waals surface area contributed by atoms with Crippen LogP contribution in [0.4, 0.5) is 0 Å². The standard InChI is InChI=1S/C12H22BNO4/c1-3-4-6-10(12(17)18-13)7-5-8-14-9(2)11(15)16/h9-10,14H,3-8H2,1-2H3,(H,15,16). The minimum Gasteiger partial charge on any atom is -0.543 e. The van der Waals surface area contributed by atoms with Crippen LogP contribution in [0, 0.1) is 5.92 Å². The highest BCUT2D eigenvalue weighted by atomic mass is 16.5. The summed E-state index contributed by atoms with van der Waals surface area (Å²) in [5.74, 6) is -1.44. The highest BCUT2D eigenvalue weighted by Crippen LogP contribution is 2.16. The lowest BCUT2D eigenvalue weighted by molar-refractivity contribution is -0.140. The second-order valence-electron chi connectivity index (χ2n) is 4.43. The summed E-state index contributed by atoms with van der Waals surface area (Å²) in [6.07, 6.45) is 4.12. The van der Waals surface area contributed by atoms with E-state index in [2.05, 4.69) is 16.9 Å². The highest BCUT2D eigenvalue weighted by Gasteiger charge is 2.17. The van der Waals surface area contributed by atoms with Gasteiger partial charge in [0, 0.05) is 0 Å². The molecule has 0 rings (SSSR count). The normalized spacial score (nSPS) is 13.9. The average molecular weight is 255 g/mol. The van der Waals surface area contributed by atoms with E-state index >= 15 is 0 Å². The van der Waals surface area contributed by atoms with E-state index in [0.29, 0.717) is 13.0 Å². The molecule has 0 amide bonds. The summed E-state index contributed by atoms with van der Waals surface area (Å²) in [5, 5.41) is 11.5. The number of nitrogens with one attached hydrogen (secondary N) is 1. The third-order valence-electron chi connectivity index (χ3n) is 2.91. The molecule has 2 N–H and O–H groups in total. The van der Waals surface area contributed by atoms with E-state index in [9.17, 15) is 9.59 Å². The predicted octanol–water partition coefficient (Wildman–Crippen LogP) is 1.26. The molecule has 2 radical (unpaired) electrons. The van der Waals surface area contributed by atoms with Crippen LogP contribution < -0.4 is 5.32 Å². The molecule has 6 heteroatoms. The van der Waals surface area contributed by atoms with Crippen LogP contribution in [0.1, 0.15) is 46.0 Å². The smallest absolute Gasteiger partial charge is 0.378 e. The van der Waals surface area contributed by atoms with Gasteiger partial charge in [-0.3, -0.25) is 9.59 Å². The Balaban J connectivity index is 3.89. The van der Waals surface area contributed by atoms with Crippen molar-refractivity contribution in [3.05, 3.63) is 0 Å². The number of rotatable bonds is 10. The van der Waals surface area contributed by atoms with Gasteiger partial charge in [0.1, 0.15) is 6.04 Å². The minimum atomic E-state index is -0.876. The second kappa shape index (κ2) is 9.94. The molecule has 18 heavy (non-hydrogen) atoms. The molecule has 0 aromatic heterocycles. The minimum absolute atomic E-state index is 0.183. The molecular weight excluding hydrogens is 233 g/mol. The number of hydrogen-bond acceptors (Lipinski definition) is 4. The number of carbonyl (C=O) groups excluding carboxylic acids is 1. The molecule has 2 unspecified atom stereocenters. The van der Waals surface area contributed by atoms with Gasteiger partial charge in [-0.05, 0) is 32.7 Å². The molecule has 0 aromatic rings. The summed E-state index contributed by atoms with van der Waals surface area (Å²) < 4.78 is 4.27. The Bertz CT molecular complexity index is 260. The van der Waals surface area contributed by atoms with Gasteiger partial charge in [-0.15, -0.1) is 0 Å². The van der Waals surface area contributed by atoms with E-state index in [1.54, 1.807) is 6.92 Å². The Morgan fingerprint density at radius 2 is 1.94 bits per heavy atom. The summed E-state index contributed by atoms with van der Waals surface area (Å²) in [4.78, 5) is 22.0. The molecule has 0 heterocycles. The maximum atomic E-state index is 11.4. The fraction of sp³-hybridized carbons (Fsp3) is 0.833. The van der Waals surface area contributed by atoms with Crippen LogP contribution in [-0.4, -0.2) is 37.7 Å². The zero-order valence-corrected chi connectivity index (χ0v) is 11.1. The maximum Gasteiger partial charge on any atom is 0.378 e. The van der Waals surface area contributed by atoms with Crippen LogP contribution in [0.25, 0.3) is 0 Å². The largest absolute Gasteiger partial charge is 0.543 e. The van der Waals surface area contributed by atoms with Gasteiger partial charge < -0.3 is 15.1 Å². The molecule has 102 valence electrons. The Labute approximate surface area is 110 Å². The molecule has 0 aliphatic rings. The Morgan fingerprint density at radius 3 is 2.44 bits per heavy atom. The monoisotopic (exact) mass is 255 g/mol. The molecule has 0 fully saturated rings. The molecule has 0 spiro atoms. The van der Waals surface area contributed by atoms with Gasteiger partial charge >= 0.3 is 14.0 Å². The second-order valence-corrected chi connectivity index (χ2v) is 4.43. The summed E-state index contributed by atoms with van der Waals surface area (Å²) in [7, 11) is 4.89. The lowest BCUT2D eigenvalue weighted by Crippen LogP contribution is -2.34. The van der Waals surface area contributed by atoms with Crippen molar-refractivity contribution in [2.75, 3.05) is 6.54 Å². The first-order valence-corrected chi connectivity index (χ1v) is 6.39. The van der Waals surface area contributed by atoms with Crippen molar-refractivity contribution < 1.29 is 19.3 Å². The molecule has 2 atom stereocenters. The van der Waals surface area contributed by atoms with Crippen molar-refractivity contribution in [1.82, 2.24) is 5.32 Å². The molecule has 0 aromatic carbocycles. The summed E-state index contributed by atoms with van der Waals surface area (Å²) >= 11 is 0. The fourth-order valence-electron chi connectivity index (χ4n) is 1.68. The van der Waals surface area contributed by atoms with Gasteiger partial charge in [0.2, 0.25) is 0 Å². The first-order chi connectivity index (χ1) is 8.52. The van der Waals surface area contributed by atoms with Crippen LogP contribution in [0.3, 0.4) is 0 Å². The molecule has 0 aliphatic carbocycles. The van der Waals surface area contributed by atoms with E-state index in [1.165, 1.54) is 0 Å². The summed E-state index contributed by atoms with van der Waals surface area (Å²) in [5.41, 5.74) is 0. The van der Waals surface area contributed by atoms with Crippen LogP contribution >= 0.6 is 0 Å². The molecular formula is C12H22BNO4. The number of carboxylic acid groups (broad SMARTS) is 1. The number of carboxylic acids is 1. The van der Waals surface area contributed by atoms with E-state index in [4.69, 9.17) is 13.2 Å². The molecule has 0 aliphatic heterocycles. The van der Waals surface area contributed by atoms with Crippen LogP contribution in [0.5, 0.6) is 0 Å². The Morgan fingerprint density at radius 1 is 1.33 bits per heavy atom. The number of hydrogen-bond donors (Lipinski definition) is 2. The average Bonchev–Trinajstić information content (AvgIpc) is 2.36. The predicted molar refractivity (Wildman–Crippen MR) is 69.2 cm³/mol. The first-order valence-electron chi connectivity index (χ1n) is 6.39. The lowest BCUT2D eigenvalue weighted by atomic mass is 9.96. The van der Waals surface area contributed by atoms with Crippen molar-refractivity contribution in [3.63, 3.8) is 0 Å². The van der Waals surface area contributed by atoms with Crippen LogP contribution in [0.15, 0.2) is 0 Å². The maximum absolute atomic E-state index is 11.4. The fourth-order valence-corrected chi connectivity index (χ4v) is 1.68. The van der Waals surface area contributed by atoms with Gasteiger partial charge in [-0.1, -0.05) is 19.8 Å². The van der Waals surface area contributed by atoms with E-state index in [1.807, 2.05) is 0 Å². The SMILES string of the molecule is [B]OC(=O)C(CCCC)CCCNC(C)C(=O)O. The van der Waals surface area contributed by atoms with Gasteiger partial charge in [-0.2, -0.15) is 0 Å². The number of aliphatic carboxylic acids is 1. The quantitative estimate of drug-likeness (QED) is 0.454. The van der Waals surface area contributed by atoms with Crippen molar-refractivity contribution in [3.8, 4) is 0 Å². The Hall–Kier alpha value is -1.04. The van der Waals surface area contributed by atoms with Gasteiger partial charge in [0.25, 0.3) is 5.97 Å². The molecule has 5 nitrogen and oxygen atoms in total. The first kappa shape index (κ1) is 17.0. The van der Waals surface area contributed by atoms with Gasteiger partial charge in [0.05, 0.1) is 5.92 Å². The topological polar surface area (TPSA) is 75.6 Å². The van der Waals surface area contributed by atoms with Crippen LogP contribution in [0.2, 0.25) is 0 Å². The number of unbranched alkanes of at least 4 members (excludes halogenated alkanes) is 1.